The lowest BCUT2D eigenvalue weighted by molar-refractivity contribution is -0.325. The zero-order valence-electron chi connectivity index (χ0n) is 20.5. The number of ether oxygens (including phenoxy) is 1. The summed E-state index contributed by atoms with van der Waals surface area (Å²) in [6.07, 6.45) is 7.12. The first kappa shape index (κ1) is 23.5. The summed E-state index contributed by atoms with van der Waals surface area (Å²) in [5.74, 6) is 1.37. The lowest BCUT2D eigenvalue weighted by atomic mass is 9.43. The molecule has 0 aromatic rings. The van der Waals surface area contributed by atoms with Crippen molar-refractivity contribution in [3.8, 4) is 0 Å². The third-order valence-electron chi connectivity index (χ3n) is 11.8. The lowest BCUT2D eigenvalue weighted by Crippen LogP contribution is -2.62. The van der Waals surface area contributed by atoms with Crippen LogP contribution in [0.3, 0.4) is 0 Å². The van der Waals surface area contributed by atoms with Gasteiger partial charge < -0.3 is 25.2 Å². The summed E-state index contributed by atoms with van der Waals surface area (Å²) in [5.41, 5.74) is -0.0518. The van der Waals surface area contributed by atoms with Crippen molar-refractivity contribution < 1.29 is 25.2 Å². The van der Waals surface area contributed by atoms with E-state index in [-0.39, 0.29) is 41.0 Å². The van der Waals surface area contributed by atoms with Crippen molar-refractivity contribution in [1.29, 1.82) is 0 Å². The van der Waals surface area contributed by atoms with E-state index >= 15 is 0 Å². The van der Waals surface area contributed by atoms with E-state index in [1.54, 1.807) is 0 Å². The smallest absolute Gasteiger partial charge is 0.170 e. The molecular formula is C27H46O5. The van der Waals surface area contributed by atoms with E-state index < -0.39 is 5.79 Å². The Hall–Kier alpha value is -0.200. The Morgan fingerprint density at radius 3 is 2.41 bits per heavy atom. The Labute approximate surface area is 193 Å². The van der Waals surface area contributed by atoms with Crippen molar-refractivity contribution in [1.82, 2.24) is 0 Å². The molecule has 1 saturated heterocycles. The second-order valence-electron chi connectivity index (χ2n) is 13.1. The zero-order valence-corrected chi connectivity index (χ0v) is 20.5. The fourth-order valence-corrected chi connectivity index (χ4v) is 9.53. The molecule has 184 valence electrons. The van der Waals surface area contributed by atoms with E-state index in [2.05, 4.69) is 27.7 Å². The molecule has 0 amide bonds. The monoisotopic (exact) mass is 450 g/mol. The van der Waals surface area contributed by atoms with Gasteiger partial charge >= 0.3 is 0 Å². The zero-order chi connectivity index (χ0) is 23.1. The van der Waals surface area contributed by atoms with Crippen LogP contribution in [0.15, 0.2) is 0 Å². The van der Waals surface area contributed by atoms with E-state index in [0.717, 1.165) is 51.4 Å². The van der Waals surface area contributed by atoms with E-state index in [9.17, 15) is 20.4 Å². The SMILES string of the molecule is C[C@H](CC[C@@]1(O)OC[C@H]1C)[C@H]1CC[C@H]2[C@@H]3[C@H](O)C[C@@H]4C[C@H](O)CC[C@]4(C)[C@H]3C[C@H](O)[C@]12C. The van der Waals surface area contributed by atoms with Gasteiger partial charge in [-0.2, -0.15) is 0 Å². The molecule has 5 fully saturated rings. The molecule has 0 spiro atoms. The van der Waals surface area contributed by atoms with Crippen LogP contribution < -0.4 is 0 Å². The summed E-state index contributed by atoms with van der Waals surface area (Å²) in [7, 11) is 0. The van der Waals surface area contributed by atoms with Crippen LogP contribution in [0.4, 0.5) is 0 Å². The van der Waals surface area contributed by atoms with Gasteiger partial charge in [-0.3, -0.25) is 0 Å². The van der Waals surface area contributed by atoms with Crippen LogP contribution in [0.1, 0.15) is 85.5 Å². The molecular weight excluding hydrogens is 404 g/mol. The topological polar surface area (TPSA) is 90.2 Å². The molecule has 0 radical (unpaired) electrons. The van der Waals surface area contributed by atoms with Crippen LogP contribution in [0.5, 0.6) is 0 Å². The van der Waals surface area contributed by atoms with Crippen LogP contribution in [-0.2, 0) is 4.74 Å². The average molecular weight is 451 g/mol. The van der Waals surface area contributed by atoms with Crippen LogP contribution in [-0.4, -0.2) is 51.1 Å². The predicted octanol–water partition coefficient (Wildman–Crippen LogP) is 3.72. The Balaban J connectivity index is 1.36. The summed E-state index contributed by atoms with van der Waals surface area (Å²) in [6.45, 7) is 9.67. The number of rotatable bonds is 4. The van der Waals surface area contributed by atoms with Gasteiger partial charge in [0.15, 0.2) is 5.79 Å². The molecule has 13 atom stereocenters. The fraction of sp³-hybridized carbons (Fsp3) is 1.00. The molecule has 0 aromatic heterocycles. The molecule has 4 N–H and O–H groups in total. The molecule has 0 aromatic carbocycles. The highest BCUT2D eigenvalue weighted by Gasteiger charge is 2.65. The molecule has 5 rings (SSSR count). The molecule has 5 nitrogen and oxygen atoms in total. The minimum atomic E-state index is -0.960. The summed E-state index contributed by atoms with van der Waals surface area (Å²) >= 11 is 0. The van der Waals surface area contributed by atoms with Gasteiger partial charge in [0.25, 0.3) is 0 Å². The van der Waals surface area contributed by atoms with Crippen molar-refractivity contribution >= 4 is 0 Å². The number of hydrogen-bond donors (Lipinski definition) is 4. The first-order valence-electron chi connectivity index (χ1n) is 13.4. The maximum Gasteiger partial charge on any atom is 0.170 e. The number of aliphatic hydroxyl groups is 4. The molecule has 32 heavy (non-hydrogen) atoms. The standard InChI is InChI=1S/C27H46O5/c1-15(7-10-27(31)16(2)14-32-27)19-5-6-20-24-21(13-23(30)26(19,20)4)25(3)9-8-18(28)11-17(25)12-22(24)29/h15-24,28-31H,5-14H2,1-4H3/t15-,16-,17+,18-,19-,20+,21+,22-,23+,24+,25+,26-,27-/m1/s1. The molecule has 0 bridgehead atoms. The van der Waals surface area contributed by atoms with Crippen molar-refractivity contribution in [2.75, 3.05) is 6.61 Å². The van der Waals surface area contributed by atoms with Gasteiger partial charge in [-0.1, -0.05) is 27.7 Å². The van der Waals surface area contributed by atoms with E-state index in [4.69, 9.17) is 4.74 Å². The molecule has 4 saturated carbocycles. The number of aliphatic hydroxyl groups excluding tert-OH is 3. The number of fused-ring (bicyclic) bond motifs is 5. The van der Waals surface area contributed by atoms with Crippen LogP contribution in [0, 0.1) is 52.3 Å². The van der Waals surface area contributed by atoms with Crippen LogP contribution in [0.2, 0.25) is 0 Å². The maximum absolute atomic E-state index is 11.7. The van der Waals surface area contributed by atoms with Gasteiger partial charge in [-0.15, -0.1) is 0 Å². The average Bonchev–Trinajstić information content (AvgIpc) is 3.11. The molecule has 1 heterocycles. The summed E-state index contributed by atoms with van der Waals surface area (Å²) in [5, 5.41) is 44.0. The van der Waals surface area contributed by atoms with Gasteiger partial charge in [-0.05, 0) is 97.7 Å². The molecule has 5 heteroatoms. The summed E-state index contributed by atoms with van der Waals surface area (Å²) < 4.78 is 5.51. The first-order chi connectivity index (χ1) is 15.0. The lowest BCUT2D eigenvalue weighted by Gasteiger charge is -2.63. The van der Waals surface area contributed by atoms with Crippen molar-refractivity contribution in [3.05, 3.63) is 0 Å². The highest BCUT2D eigenvalue weighted by Crippen LogP contribution is 2.68. The Bertz CT molecular complexity index is 714. The van der Waals surface area contributed by atoms with E-state index in [0.29, 0.717) is 42.6 Å². The molecule has 1 aliphatic heterocycles. The Kier molecular flexibility index (Phi) is 5.82. The molecule has 0 unspecified atom stereocenters. The minimum Gasteiger partial charge on any atom is -0.393 e. The largest absolute Gasteiger partial charge is 0.393 e. The quantitative estimate of drug-likeness (QED) is 0.524. The Morgan fingerprint density at radius 2 is 1.75 bits per heavy atom. The van der Waals surface area contributed by atoms with Gasteiger partial charge in [0, 0.05) is 12.3 Å². The van der Waals surface area contributed by atoms with Crippen LogP contribution >= 0.6 is 0 Å². The third kappa shape index (κ3) is 3.28. The second-order valence-corrected chi connectivity index (χ2v) is 13.1. The highest BCUT2D eigenvalue weighted by atomic mass is 16.6. The maximum atomic E-state index is 11.7. The minimum absolute atomic E-state index is 0.121. The normalized spacial score (nSPS) is 58.3. The number of hydrogen-bond acceptors (Lipinski definition) is 5. The van der Waals surface area contributed by atoms with E-state index in [1.165, 1.54) is 0 Å². The highest BCUT2D eigenvalue weighted by molar-refractivity contribution is 5.14. The van der Waals surface area contributed by atoms with Gasteiger partial charge in [0.05, 0.1) is 24.9 Å². The van der Waals surface area contributed by atoms with Crippen molar-refractivity contribution in [2.45, 2.75) is 110 Å². The predicted molar refractivity (Wildman–Crippen MR) is 122 cm³/mol. The second kappa shape index (κ2) is 7.91. The van der Waals surface area contributed by atoms with Gasteiger partial charge in [-0.25, -0.2) is 0 Å². The fourth-order valence-electron chi connectivity index (χ4n) is 9.53. The molecule has 5 aliphatic rings. The molecule has 4 aliphatic carbocycles. The summed E-state index contributed by atoms with van der Waals surface area (Å²) in [4.78, 5) is 0. The Morgan fingerprint density at radius 1 is 1.00 bits per heavy atom. The first-order valence-corrected chi connectivity index (χ1v) is 13.4. The van der Waals surface area contributed by atoms with Crippen molar-refractivity contribution in [2.24, 2.45) is 52.3 Å². The van der Waals surface area contributed by atoms with Gasteiger partial charge in [0.2, 0.25) is 0 Å². The van der Waals surface area contributed by atoms with E-state index in [1.807, 2.05) is 0 Å². The van der Waals surface area contributed by atoms with Crippen LogP contribution in [0.25, 0.3) is 0 Å². The van der Waals surface area contributed by atoms with Gasteiger partial charge in [0.1, 0.15) is 0 Å². The third-order valence-corrected chi connectivity index (χ3v) is 11.8. The van der Waals surface area contributed by atoms with Crippen molar-refractivity contribution in [3.63, 3.8) is 0 Å². The summed E-state index contributed by atoms with van der Waals surface area (Å²) in [6, 6.07) is 0.